The second-order valence-electron chi connectivity index (χ2n) is 6.00. The van der Waals surface area contributed by atoms with Crippen molar-refractivity contribution in [1.29, 1.82) is 0 Å². The molecule has 0 aromatic heterocycles. The molecule has 2 fully saturated rings. The summed E-state index contributed by atoms with van der Waals surface area (Å²) in [6, 6.07) is 4.84. The molecule has 0 radical (unpaired) electrons. The Balaban J connectivity index is 1.81. The van der Waals surface area contributed by atoms with Crippen LogP contribution in [0.5, 0.6) is 5.75 Å². The number of halogens is 1. The quantitative estimate of drug-likeness (QED) is 0.682. The predicted octanol–water partition coefficient (Wildman–Crippen LogP) is 3.55. The van der Waals surface area contributed by atoms with E-state index >= 15 is 0 Å². The molecule has 1 N–H and O–H groups in total. The molecule has 21 heavy (non-hydrogen) atoms. The molecule has 0 saturated heterocycles. The summed E-state index contributed by atoms with van der Waals surface area (Å²) in [5, 5.41) is 14.7. The Morgan fingerprint density at radius 1 is 1.43 bits per heavy atom. The van der Waals surface area contributed by atoms with Gasteiger partial charge in [-0.05, 0) is 26.0 Å². The van der Waals surface area contributed by atoms with Gasteiger partial charge in [-0.1, -0.05) is 24.4 Å². The van der Waals surface area contributed by atoms with Crippen LogP contribution in [0.3, 0.4) is 0 Å². The Morgan fingerprint density at radius 2 is 2.14 bits per heavy atom. The van der Waals surface area contributed by atoms with Gasteiger partial charge in [-0.15, -0.1) is 0 Å². The molecule has 1 aromatic rings. The first-order valence-corrected chi connectivity index (χ1v) is 7.72. The van der Waals surface area contributed by atoms with E-state index in [4.69, 9.17) is 16.3 Å². The van der Waals surface area contributed by atoms with Gasteiger partial charge in [0, 0.05) is 23.9 Å². The Labute approximate surface area is 128 Å². The second-order valence-corrected chi connectivity index (χ2v) is 6.40. The third-order valence-electron chi connectivity index (χ3n) is 5.06. The molecule has 0 heterocycles. The summed E-state index contributed by atoms with van der Waals surface area (Å²) in [5.41, 5.74) is 0.183. The van der Waals surface area contributed by atoms with Crippen molar-refractivity contribution in [1.82, 2.24) is 5.32 Å². The van der Waals surface area contributed by atoms with Crippen molar-refractivity contribution in [2.24, 2.45) is 5.41 Å². The number of hydrogen-bond donors (Lipinski definition) is 1. The number of benzene rings is 1. The second kappa shape index (κ2) is 5.46. The minimum atomic E-state index is -0.425. The van der Waals surface area contributed by atoms with Crippen LogP contribution < -0.4 is 10.1 Å². The molecule has 0 bridgehead atoms. The summed E-state index contributed by atoms with van der Waals surface area (Å²) in [6.45, 7) is 0. The van der Waals surface area contributed by atoms with Gasteiger partial charge in [0.15, 0.2) is 0 Å². The van der Waals surface area contributed by atoms with Crippen molar-refractivity contribution < 1.29 is 9.66 Å². The van der Waals surface area contributed by atoms with Crippen LogP contribution in [0.1, 0.15) is 32.1 Å². The third kappa shape index (κ3) is 2.38. The molecular weight excluding hydrogens is 292 g/mol. The topological polar surface area (TPSA) is 64.4 Å². The lowest BCUT2D eigenvalue weighted by Crippen LogP contribution is -2.63. The summed E-state index contributed by atoms with van der Waals surface area (Å²) in [6.07, 6.45) is 5.76. The van der Waals surface area contributed by atoms with E-state index in [2.05, 4.69) is 5.32 Å². The zero-order chi connectivity index (χ0) is 15.0. The maximum absolute atomic E-state index is 10.9. The SMILES string of the molecule is CNC1CC(Oc2cc([N+](=O)[O-])ccc2Cl)C12CCCC2. The van der Waals surface area contributed by atoms with Gasteiger partial charge in [0.25, 0.3) is 5.69 Å². The van der Waals surface area contributed by atoms with E-state index in [1.54, 1.807) is 0 Å². The highest BCUT2D eigenvalue weighted by molar-refractivity contribution is 6.32. The fraction of sp³-hybridized carbons (Fsp3) is 0.600. The zero-order valence-corrected chi connectivity index (χ0v) is 12.7. The van der Waals surface area contributed by atoms with Crippen molar-refractivity contribution in [2.45, 2.75) is 44.2 Å². The molecular formula is C15H19ClN2O3. The minimum absolute atomic E-state index is 0.0133. The van der Waals surface area contributed by atoms with Crippen molar-refractivity contribution in [3.8, 4) is 5.75 Å². The Hall–Kier alpha value is -1.33. The van der Waals surface area contributed by atoms with Crippen LogP contribution in [0.2, 0.25) is 5.02 Å². The molecule has 0 amide bonds. The highest BCUT2D eigenvalue weighted by Crippen LogP contribution is 2.55. The summed E-state index contributed by atoms with van der Waals surface area (Å²) in [7, 11) is 1.99. The highest BCUT2D eigenvalue weighted by Gasteiger charge is 2.57. The van der Waals surface area contributed by atoms with E-state index in [9.17, 15) is 10.1 Å². The Morgan fingerprint density at radius 3 is 2.76 bits per heavy atom. The fourth-order valence-electron chi connectivity index (χ4n) is 3.87. The maximum atomic E-state index is 10.9. The van der Waals surface area contributed by atoms with Gasteiger partial charge < -0.3 is 10.1 Å². The van der Waals surface area contributed by atoms with E-state index in [1.807, 2.05) is 7.05 Å². The summed E-state index contributed by atoms with van der Waals surface area (Å²) in [4.78, 5) is 10.5. The molecule has 0 aliphatic heterocycles. The Bertz CT molecular complexity index is 558. The van der Waals surface area contributed by atoms with E-state index in [1.165, 1.54) is 31.0 Å². The number of nitro groups is 1. The van der Waals surface area contributed by atoms with Crippen LogP contribution >= 0.6 is 11.6 Å². The summed E-state index contributed by atoms with van der Waals surface area (Å²) in [5.74, 6) is 0.427. The van der Waals surface area contributed by atoms with Crippen molar-refractivity contribution in [3.05, 3.63) is 33.3 Å². The van der Waals surface area contributed by atoms with Crippen molar-refractivity contribution >= 4 is 17.3 Å². The number of nitrogens with zero attached hydrogens (tertiary/aromatic N) is 1. The van der Waals surface area contributed by atoms with E-state index in [0.717, 1.165) is 19.3 Å². The van der Waals surface area contributed by atoms with Gasteiger partial charge in [0.1, 0.15) is 11.9 Å². The summed E-state index contributed by atoms with van der Waals surface area (Å²) < 4.78 is 6.07. The first-order valence-electron chi connectivity index (χ1n) is 7.35. The van der Waals surface area contributed by atoms with Crippen molar-refractivity contribution in [2.75, 3.05) is 7.05 Å². The average molecular weight is 311 g/mol. The normalized spacial score (nSPS) is 26.6. The molecule has 2 aliphatic carbocycles. The first kappa shape index (κ1) is 14.6. The largest absolute Gasteiger partial charge is 0.488 e. The molecule has 1 spiro atoms. The zero-order valence-electron chi connectivity index (χ0n) is 12.0. The number of rotatable bonds is 4. The number of hydrogen-bond acceptors (Lipinski definition) is 4. The smallest absolute Gasteiger partial charge is 0.273 e. The van der Waals surface area contributed by atoms with Crippen LogP contribution in [-0.4, -0.2) is 24.1 Å². The first-order chi connectivity index (χ1) is 10.1. The number of nitrogens with one attached hydrogen (secondary N) is 1. The van der Waals surface area contributed by atoms with Crippen LogP contribution in [0, 0.1) is 15.5 Å². The molecule has 2 aliphatic rings. The molecule has 1 aromatic carbocycles. The molecule has 2 unspecified atom stereocenters. The van der Waals surface area contributed by atoms with Crippen LogP contribution in [-0.2, 0) is 0 Å². The predicted molar refractivity (Wildman–Crippen MR) is 80.9 cm³/mol. The minimum Gasteiger partial charge on any atom is -0.488 e. The average Bonchev–Trinajstić information content (AvgIpc) is 2.96. The molecule has 114 valence electrons. The van der Waals surface area contributed by atoms with Gasteiger partial charge >= 0.3 is 0 Å². The van der Waals surface area contributed by atoms with Gasteiger partial charge in [-0.3, -0.25) is 10.1 Å². The monoisotopic (exact) mass is 310 g/mol. The molecule has 2 atom stereocenters. The number of ether oxygens (including phenoxy) is 1. The van der Waals surface area contributed by atoms with E-state index in [0.29, 0.717) is 16.8 Å². The molecule has 2 saturated carbocycles. The van der Waals surface area contributed by atoms with Crippen LogP contribution in [0.15, 0.2) is 18.2 Å². The van der Waals surface area contributed by atoms with Gasteiger partial charge in [0.2, 0.25) is 0 Å². The van der Waals surface area contributed by atoms with Crippen molar-refractivity contribution in [3.63, 3.8) is 0 Å². The lowest BCUT2D eigenvalue weighted by molar-refractivity contribution is -0.385. The third-order valence-corrected chi connectivity index (χ3v) is 5.37. The maximum Gasteiger partial charge on any atom is 0.273 e. The summed E-state index contributed by atoms with van der Waals surface area (Å²) >= 11 is 6.13. The molecule has 5 nitrogen and oxygen atoms in total. The highest BCUT2D eigenvalue weighted by atomic mass is 35.5. The van der Waals surface area contributed by atoms with Gasteiger partial charge in [-0.2, -0.15) is 0 Å². The standard InChI is InChI=1S/C15H19ClN2O3/c1-17-13-9-14(15(13)6-2-3-7-15)21-12-8-10(18(19)20)4-5-11(12)16/h4-5,8,13-14,17H,2-3,6-7,9H2,1H3. The molecule has 6 heteroatoms. The van der Waals surface area contributed by atoms with Crippen LogP contribution in [0.4, 0.5) is 5.69 Å². The van der Waals surface area contributed by atoms with E-state index < -0.39 is 4.92 Å². The molecule has 3 rings (SSSR count). The van der Waals surface area contributed by atoms with Gasteiger partial charge in [-0.25, -0.2) is 0 Å². The Kier molecular flexibility index (Phi) is 3.80. The van der Waals surface area contributed by atoms with E-state index in [-0.39, 0.29) is 17.2 Å². The van der Waals surface area contributed by atoms with Gasteiger partial charge in [0.05, 0.1) is 16.0 Å². The lowest BCUT2D eigenvalue weighted by Gasteiger charge is -2.53. The fourth-order valence-corrected chi connectivity index (χ4v) is 4.03. The number of non-ortho nitro benzene ring substituents is 1. The van der Waals surface area contributed by atoms with Crippen LogP contribution in [0.25, 0.3) is 0 Å². The number of nitro benzene ring substituents is 1. The lowest BCUT2D eigenvalue weighted by atomic mass is 9.60.